The van der Waals surface area contributed by atoms with Crippen molar-refractivity contribution in [1.82, 2.24) is 4.98 Å². The maximum absolute atomic E-state index is 14.2. The van der Waals surface area contributed by atoms with E-state index in [0.29, 0.717) is 11.4 Å². The fourth-order valence-electron chi connectivity index (χ4n) is 2.74. The van der Waals surface area contributed by atoms with Crippen LogP contribution in [0.1, 0.15) is 37.1 Å². The number of hydrogen-bond acceptors (Lipinski definition) is 4. The van der Waals surface area contributed by atoms with Crippen molar-refractivity contribution in [1.29, 1.82) is 0 Å². The maximum atomic E-state index is 14.2. The van der Waals surface area contributed by atoms with Crippen LogP contribution in [0.5, 0.6) is 11.5 Å². The number of nitrogens with zero attached hydrogens (tertiary/aromatic N) is 2. The number of halogens is 1. The highest BCUT2D eigenvalue weighted by Crippen LogP contribution is 2.37. The van der Waals surface area contributed by atoms with Crippen LogP contribution in [-0.2, 0) is 0 Å². The Morgan fingerprint density at radius 1 is 1.29 bits per heavy atom. The normalized spacial score (nSPS) is 12.1. The van der Waals surface area contributed by atoms with Crippen LogP contribution < -0.4 is 4.74 Å². The summed E-state index contributed by atoms with van der Waals surface area (Å²) in [6.07, 6.45) is 7.64. The van der Waals surface area contributed by atoms with Gasteiger partial charge < -0.3 is 4.74 Å². The van der Waals surface area contributed by atoms with Gasteiger partial charge in [0.15, 0.2) is 11.6 Å². The van der Waals surface area contributed by atoms with Crippen molar-refractivity contribution in [3.63, 3.8) is 0 Å². The Bertz CT molecular complexity index is 1070. The van der Waals surface area contributed by atoms with E-state index in [-0.39, 0.29) is 11.6 Å². The molecule has 3 rings (SSSR count). The van der Waals surface area contributed by atoms with Gasteiger partial charge in [0.1, 0.15) is 5.75 Å². The molecule has 5 heteroatoms. The summed E-state index contributed by atoms with van der Waals surface area (Å²) in [5.74, 6) is 0.383. The van der Waals surface area contributed by atoms with Gasteiger partial charge in [-0.2, -0.15) is 0 Å². The lowest BCUT2D eigenvalue weighted by Gasteiger charge is -2.07. The average molecular weight is 395 g/mol. The standard InChI is InChI=1S/C23H23FN2OS/c1-5-7-17(6-2)14-26-16(4)22-13-19-23(28-22)21(10-11-25-19)27-20-9-8-15(3)12-18(20)24/h6,8-14H,4-5,7H2,1-3H3/b17-6-,26-14?. The number of allylic oxidation sites excluding steroid dienone is 2. The van der Waals surface area contributed by atoms with Crippen molar-refractivity contribution in [2.45, 2.75) is 33.6 Å². The van der Waals surface area contributed by atoms with Crippen LogP contribution in [0.2, 0.25) is 0 Å². The van der Waals surface area contributed by atoms with Crippen LogP contribution in [0.4, 0.5) is 4.39 Å². The Morgan fingerprint density at radius 2 is 2.11 bits per heavy atom. The van der Waals surface area contributed by atoms with Gasteiger partial charge in [-0.05, 0) is 49.6 Å². The van der Waals surface area contributed by atoms with Crippen LogP contribution in [0.3, 0.4) is 0 Å². The molecule has 0 atom stereocenters. The number of pyridine rings is 1. The van der Waals surface area contributed by atoms with Crippen LogP contribution >= 0.6 is 11.3 Å². The Balaban J connectivity index is 1.89. The molecule has 3 nitrogen and oxygen atoms in total. The molecular weight excluding hydrogens is 371 g/mol. The van der Waals surface area contributed by atoms with Gasteiger partial charge in [0, 0.05) is 18.5 Å². The predicted molar refractivity (Wildman–Crippen MR) is 117 cm³/mol. The summed E-state index contributed by atoms with van der Waals surface area (Å²) >= 11 is 1.49. The fourth-order valence-corrected chi connectivity index (χ4v) is 3.73. The molecule has 0 aliphatic rings. The Hall–Kier alpha value is -2.79. The second-order valence-corrected chi connectivity index (χ2v) is 7.54. The predicted octanol–water partition coefficient (Wildman–Crippen LogP) is 7.32. The minimum atomic E-state index is -0.384. The first kappa shape index (κ1) is 20.0. The van der Waals surface area contributed by atoms with Crippen LogP contribution in [0.25, 0.3) is 15.9 Å². The summed E-state index contributed by atoms with van der Waals surface area (Å²) in [5.41, 5.74) is 3.48. The third kappa shape index (κ3) is 4.54. The monoisotopic (exact) mass is 394 g/mol. The molecule has 144 valence electrons. The lowest BCUT2D eigenvalue weighted by molar-refractivity contribution is 0.446. The smallest absolute Gasteiger partial charge is 0.165 e. The summed E-state index contributed by atoms with van der Waals surface area (Å²) in [6.45, 7) is 10.1. The number of ether oxygens (including phenoxy) is 1. The largest absolute Gasteiger partial charge is 0.453 e. The highest BCUT2D eigenvalue weighted by molar-refractivity contribution is 7.20. The first-order valence-electron chi connectivity index (χ1n) is 9.23. The summed E-state index contributed by atoms with van der Waals surface area (Å²) in [7, 11) is 0. The van der Waals surface area contributed by atoms with Crippen molar-refractivity contribution in [3.05, 3.63) is 71.0 Å². The number of rotatable bonds is 7. The molecular formula is C23H23FN2OS. The van der Waals surface area contributed by atoms with Gasteiger partial charge in [-0.3, -0.25) is 9.98 Å². The molecule has 0 saturated heterocycles. The quantitative estimate of drug-likeness (QED) is 0.393. The number of aromatic nitrogens is 1. The van der Waals surface area contributed by atoms with Crippen LogP contribution in [0.15, 0.2) is 59.7 Å². The Morgan fingerprint density at radius 3 is 2.82 bits per heavy atom. The topological polar surface area (TPSA) is 34.5 Å². The fraction of sp³-hybridized carbons (Fsp3) is 0.217. The number of aliphatic imine (C=N–C) groups is 1. The van der Waals surface area contributed by atoms with Crippen LogP contribution in [-0.4, -0.2) is 11.2 Å². The molecule has 0 aliphatic carbocycles. The molecule has 2 aromatic heterocycles. The molecule has 0 fully saturated rings. The summed E-state index contributed by atoms with van der Waals surface area (Å²) in [5, 5.41) is 0. The molecule has 0 radical (unpaired) electrons. The van der Waals surface area contributed by atoms with Gasteiger partial charge in [-0.15, -0.1) is 11.3 Å². The van der Waals surface area contributed by atoms with E-state index in [2.05, 4.69) is 29.6 Å². The van der Waals surface area contributed by atoms with Gasteiger partial charge in [-0.1, -0.05) is 32.1 Å². The molecule has 2 heterocycles. The Kier molecular flexibility index (Phi) is 6.37. The van der Waals surface area contributed by atoms with Crippen LogP contribution in [0, 0.1) is 12.7 Å². The van der Waals surface area contributed by atoms with Gasteiger partial charge in [-0.25, -0.2) is 4.39 Å². The third-order valence-corrected chi connectivity index (χ3v) is 5.45. The zero-order valence-corrected chi connectivity index (χ0v) is 17.1. The van der Waals surface area contributed by atoms with E-state index in [1.807, 2.05) is 32.2 Å². The molecule has 1 aromatic carbocycles. The molecule has 3 aromatic rings. The second kappa shape index (κ2) is 8.93. The zero-order valence-electron chi connectivity index (χ0n) is 16.3. The number of hydrogen-bond donors (Lipinski definition) is 0. The molecule has 0 amide bonds. The van der Waals surface area contributed by atoms with Gasteiger partial charge in [0.2, 0.25) is 0 Å². The van der Waals surface area contributed by atoms with Crippen molar-refractivity contribution < 1.29 is 9.13 Å². The summed E-state index contributed by atoms with van der Waals surface area (Å²) in [6, 6.07) is 8.60. The highest BCUT2D eigenvalue weighted by Gasteiger charge is 2.13. The van der Waals surface area contributed by atoms with E-state index in [1.165, 1.54) is 23.0 Å². The second-order valence-electron chi connectivity index (χ2n) is 6.49. The van der Waals surface area contributed by atoms with E-state index in [0.717, 1.165) is 33.5 Å². The van der Waals surface area contributed by atoms with Crippen molar-refractivity contribution >= 4 is 33.5 Å². The number of aryl methyl sites for hydroxylation is 1. The molecule has 0 spiro atoms. The SMILES string of the molecule is C=C(N=C/C(=C\C)CCC)c1cc2nccc(Oc3ccc(C)cc3F)c2s1. The third-order valence-electron chi connectivity index (χ3n) is 4.26. The minimum absolute atomic E-state index is 0.196. The number of benzene rings is 1. The Labute approximate surface area is 168 Å². The number of fused-ring (bicyclic) bond motifs is 1. The first-order chi connectivity index (χ1) is 13.5. The van der Waals surface area contributed by atoms with E-state index in [9.17, 15) is 4.39 Å². The highest BCUT2D eigenvalue weighted by atomic mass is 32.1. The van der Waals surface area contributed by atoms with Crippen molar-refractivity contribution in [3.8, 4) is 11.5 Å². The number of thiophene rings is 1. The van der Waals surface area contributed by atoms with E-state index in [4.69, 9.17) is 4.74 Å². The average Bonchev–Trinajstić information content (AvgIpc) is 3.12. The lowest BCUT2D eigenvalue weighted by Crippen LogP contribution is -1.89. The van der Waals surface area contributed by atoms with E-state index in [1.54, 1.807) is 18.3 Å². The molecule has 0 saturated carbocycles. The summed E-state index contributed by atoms with van der Waals surface area (Å²) < 4.78 is 20.8. The van der Waals surface area contributed by atoms with Crippen molar-refractivity contribution in [2.24, 2.45) is 4.99 Å². The lowest BCUT2D eigenvalue weighted by atomic mass is 10.1. The van der Waals surface area contributed by atoms with E-state index < -0.39 is 0 Å². The molecule has 28 heavy (non-hydrogen) atoms. The molecule has 0 bridgehead atoms. The maximum Gasteiger partial charge on any atom is 0.165 e. The first-order valence-corrected chi connectivity index (χ1v) is 10.0. The summed E-state index contributed by atoms with van der Waals surface area (Å²) in [4.78, 5) is 9.82. The molecule has 0 N–H and O–H groups in total. The van der Waals surface area contributed by atoms with Crippen molar-refractivity contribution in [2.75, 3.05) is 0 Å². The minimum Gasteiger partial charge on any atom is -0.453 e. The van der Waals surface area contributed by atoms with Gasteiger partial charge in [0.05, 0.1) is 20.8 Å². The van der Waals surface area contributed by atoms with Gasteiger partial charge >= 0.3 is 0 Å². The molecule has 0 unspecified atom stereocenters. The van der Waals surface area contributed by atoms with E-state index >= 15 is 0 Å². The molecule has 0 aliphatic heterocycles. The zero-order chi connectivity index (χ0) is 20.1. The van der Waals surface area contributed by atoms with Gasteiger partial charge in [0.25, 0.3) is 0 Å².